The van der Waals surface area contributed by atoms with Gasteiger partial charge in [-0.05, 0) is 29.6 Å². The number of primary amides is 1. The molecule has 0 fully saturated rings. The van der Waals surface area contributed by atoms with E-state index in [9.17, 15) is 9.59 Å². The molecular formula is C12H11N3O2S. The molecule has 0 saturated carbocycles. The Hall–Kier alpha value is -2.34. The van der Waals surface area contributed by atoms with E-state index in [1.165, 1.54) is 11.3 Å². The highest BCUT2D eigenvalue weighted by Crippen LogP contribution is 2.16. The van der Waals surface area contributed by atoms with Crippen molar-refractivity contribution in [1.82, 2.24) is 0 Å². The first-order chi connectivity index (χ1) is 8.65. The monoisotopic (exact) mass is 261 g/mol. The first-order valence-electron chi connectivity index (χ1n) is 5.15. The normalized spacial score (nSPS) is 9.78. The van der Waals surface area contributed by atoms with Gasteiger partial charge < -0.3 is 16.4 Å². The van der Waals surface area contributed by atoms with Crippen LogP contribution in [0.15, 0.2) is 41.1 Å². The Morgan fingerprint density at radius 3 is 2.44 bits per heavy atom. The van der Waals surface area contributed by atoms with E-state index in [0.29, 0.717) is 16.9 Å². The van der Waals surface area contributed by atoms with Crippen molar-refractivity contribution in [3.8, 4) is 0 Å². The number of amides is 3. The molecule has 3 amide bonds. The van der Waals surface area contributed by atoms with Gasteiger partial charge in [0, 0.05) is 16.8 Å². The molecule has 1 heterocycles. The number of carbonyl (C=O) groups is 2. The highest BCUT2D eigenvalue weighted by Gasteiger charge is 2.06. The number of hydrogen-bond acceptors (Lipinski definition) is 3. The van der Waals surface area contributed by atoms with Crippen molar-refractivity contribution < 1.29 is 9.59 Å². The molecule has 18 heavy (non-hydrogen) atoms. The maximum Gasteiger partial charge on any atom is 0.316 e. The van der Waals surface area contributed by atoms with Crippen molar-refractivity contribution in [3.63, 3.8) is 0 Å². The first kappa shape index (κ1) is 12.1. The number of nitrogens with two attached hydrogens (primary N) is 1. The third-order valence-corrected chi connectivity index (χ3v) is 2.85. The van der Waals surface area contributed by atoms with Crippen LogP contribution in [0.25, 0.3) is 0 Å². The second kappa shape index (κ2) is 5.33. The Morgan fingerprint density at radius 2 is 1.83 bits per heavy atom. The number of benzene rings is 1. The zero-order valence-electron chi connectivity index (χ0n) is 9.34. The molecule has 0 radical (unpaired) electrons. The van der Waals surface area contributed by atoms with Crippen molar-refractivity contribution in [2.24, 2.45) is 5.73 Å². The van der Waals surface area contributed by atoms with Gasteiger partial charge >= 0.3 is 6.03 Å². The smallest absolute Gasteiger partial charge is 0.316 e. The fourth-order valence-electron chi connectivity index (χ4n) is 1.41. The summed E-state index contributed by atoms with van der Waals surface area (Å²) in [5, 5.41) is 8.77. The molecule has 0 aliphatic carbocycles. The number of hydrogen-bond donors (Lipinski definition) is 3. The standard InChI is InChI=1S/C12H11N3O2S/c13-12(17)15-10-3-1-2-9(6-10)14-11(16)8-4-5-18-7-8/h1-7H,(H,14,16)(H3,13,15,17). The molecule has 2 aromatic rings. The molecule has 92 valence electrons. The van der Waals surface area contributed by atoms with Crippen molar-refractivity contribution in [3.05, 3.63) is 46.7 Å². The van der Waals surface area contributed by atoms with Gasteiger partial charge in [-0.1, -0.05) is 6.07 Å². The van der Waals surface area contributed by atoms with E-state index in [-0.39, 0.29) is 5.91 Å². The highest BCUT2D eigenvalue weighted by molar-refractivity contribution is 7.08. The predicted octanol–water partition coefficient (Wildman–Crippen LogP) is 2.49. The molecule has 2 rings (SSSR count). The van der Waals surface area contributed by atoms with Crippen molar-refractivity contribution in [2.45, 2.75) is 0 Å². The van der Waals surface area contributed by atoms with E-state index < -0.39 is 6.03 Å². The maximum absolute atomic E-state index is 11.8. The number of anilines is 2. The maximum atomic E-state index is 11.8. The Morgan fingerprint density at radius 1 is 1.11 bits per heavy atom. The average molecular weight is 261 g/mol. The fraction of sp³-hybridized carbons (Fsp3) is 0. The first-order valence-corrected chi connectivity index (χ1v) is 6.09. The lowest BCUT2D eigenvalue weighted by molar-refractivity contribution is 0.102. The summed E-state index contributed by atoms with van der Waals surface area (Å²) in [6.07, 6.45) is 0. The summed E-state index contributed by atoms with van der Waals surface area (Å²) in [6, 6.07) is 7.87. The van der Waals surface area contributed by atoms with Crippen LogP contribution in [-0.4, -0.2) is 11.9 Å². The lowest BCUT2D eigenvalue weighted by atomic mass is 10.2. The number of urea groups is 1. The summed E-state index contributed by atoms with van der Waals surface area (Å²) in [4.78, 5) is 22.5. The summed E-state index contributed by atoms with van der Waals surface area (Å²) in [5.74, 6) is -0.188. The van der Waals surface area contributed by atoms with Crippen LogP contribution in [-0.2, 0) is 0 Å². The summed E-state index contributed by atoms with van der Waals surface area (Å²) >= 11 is 1.46. The summed E-state index contributed by atoms with van der Waals surface area (Å²) < 4.78 is 0. The number of nitrogens with one attached hydrogen (secondary N) is 2. The Balaban J connectivity index is 2.10. The summed E-state index contributed by atoms with van der Waals surface area (Å²) in [6.45, 7) is 0. The Labute approximate surface area is 108 Å². The van der Waals surface area contributed by atoms with Crippen molar-refractivity contribution >= 4 is 34.6 Å². The minimum atomic E-state index is -0.642. The Kier molecular flexibility index (Phi) is 3.59. The summed E-state index contributed by atoms with van der Waals surface area (Å²) in [5.41, 5.74) is 6.75. The molecule has 1 aromatic carbocycles. The second-order valence-corrected chi connectivity index (χ2v) is 4.32. The van der Waals surface area contributed by atoms with Gasteiger partial charge in [0.05, 0.1) is 5.56 Å². The van der Waals surface area contributed by atoms with Crippen LogP contribution in [0.5, 0.6) is 0 Å². The van der Waals surface area contributed by atoms with Gasteiger partial charge in [0.1, 0.15) is 0 Å². The van der Waals surface area contributed by atoms with Crippen LogP contribution in [0, 0.1) is 0 Å². The molecule has 0 atom stereocenters. The summed E-state index contributed by atoms with van der Waals surface area (Å²) in [7, 11) is 0. The number of carbonyl (C=O) groups excluding carboxylic acids is 2. The van der Waals surface area contributed by atoms with Crippen LogP contribution in [0.2, 0.25) is 0 Å². The molecule has 0 aliphatic heterocycles. The van der Waals surface area contributed by atoms with Crippen LogP contribution in [0.3, 0.4) is 0 Å². The van der Waals surface area contributed by atoms with Crippen molar-refractivity contribution in [1.29, 1.82) is 0 Å². The SMILES string of the molecule is NC(=O)Nc1cccc(NC(=O)c2ccsc2)c1. The van der Waals surface area contributed by atoms with Crippen LogP contribution in [0.4, 0.5) is 16.2 Å². The molecule has 5 nitrogen and oxygen atoms in total. The van der Waals surface area contributed by atoms with Crippen LogP contribution < -0.4 is 16.4 Å². The van der Waals surface area contributed by atoms with E-state index in [4.69, 9.17) is 5.73 Å². The van der Waals surface area contributed by atoms with E-state index in [1.807, 2.05) is 5.38 Å². The minimum absolute atomic E-state index is 0.188. The van der Waals surface area contributed by atoms with Gasteiger partial charge in [-0.3, -0.25) is 4.79 Å². The van der Waals surface area contributed by atoms with E-state index in [2.05, 4.69) is 10.6 Å². The van der Waals surface area contributed by atoms with Gasteiger partial charge in [0.2, 0.25) is 0 Å². The zero-order valence-corrected chi connectivity index (χ0v) is 10.2. The molecule has 0 saturated heterocycles. The van der Waals surface area contributed by atoms with Gasteiger partial charge in [-0.25, -0.2) is 4.79 Å². The van der Waals surface area contributed by atoms with Gasteiger partial charge in [-0.15, -0.1) is 0 Å². The second-order valence-electron chi connectivity index (χ2n) is 3.54. The largest absolute Gasteiger partial charge is 0.351 e. The zero-order chi connectivity index (χ0) is 13.0. The molecular weight excluding hydrogens is 250 g/mol. The average Bonchev–Trinajstić information content (AvgIpc) is 2.81. The number of rotatable bonds is 3. The quantitative estimate of drug-likeness (QED) is 0.793. The molecule has 6 heteroatoms. The third-order valence-electron chi connectivity index (χ3n) is 2.17. The van der Waals surface area contributed by atoms with Crippen LogP contribution in [0.1, 0.15) is 10.4 Å². The topological polar surface area (TPSA) is 84.2 Å². The van der Waals surface area contributed by atoms with Gasteiger partial charge in [0.15, 0.2) is 0 Å². The van der Waals surface area contributed by atoms with E-state index in [0.717, 1.165) is 0 Å². The molecule has 4 N–H and O–H groups in total. The van der Waals surface area contributed by atoms with E-state index >= 15 is 0 Å². The van der Waals surface area contributed by atoms with Crippen molar-refractivity contribution in [2.75, 3.05) is 10.6 Å². The number of thiophene rings is 1. The predicted molar refractivity (Wildman–Crippen MR) is 71.9 cm³/mol. The lowest BCUT2D eigenvalue weighted by Crippen LogP contribution is -2.19. The molecule has 1 aromatic heterocycles. The van der Waals surface area contributed by atoms with E-state index in [1.54, 1.807) is 35.7 Å². The van der Waals surface area contributed by atoms with Crippen LogP contribution >= 0.6 is 11.3 Å². The molecule has 0 aliphatic rings. The molecule has 0 unspecified atom stereocenters. The third kappa shape index (κ3) is 3.08. The molecule has 0 spiro atoms. The lowest BCUT2D eigenvalue weighted by Gasteiger charge is -2.06. The highest BCUT2D eigenvalue weighted by atomic mass is 32.1. The Bertz CT molecular complexity index is 566. The molecule has 0 bridgehead atoms. The van der Waals surface area contributed by atoms with Gasteiger partial charge in [-0.2, -0.15) is 11.3 Å². The van der Waals surface area contributed by atoms with Gasteiger partial charge in [0.25, 0.3) is 5.91 Å². The fourth-order valence-corrected chi connectivity index (χ4v) is 2.05. The minimum Gasteiger partial charge on any atom is -0.351 e.